The standard InChI is InChI=1S/C17H21N3O3.C2H6/c1-3-23-17(22)19-8-7-13-12(9-19)11-5-4-6-14-16(11)20(13)10-15(21)18(14)2;1-2/h4-6,12-13H,3,7-10H2,1-2H3;1-2H3/t12-,13-;/m0./s1. The Labute approximate surface area is 149 Å². The van der Waals surface area contributed by atoms with Gasteiger partial charge in [0.05, 0.1) is 24.5 Å². The van der Waals surface area contributed by atoms with E-state index in [1.165, 1.54) is 11.3 Å². The first-order chi connectivity index (χ1) is 12.1. The van der Waals surface area contributed by atoms with E-state index >= 15 is 0 Å². The van der Waals surface area contributed by atoms with Crippen molar-refractivity contribution in [3.8, 4) is 0 Å². The van der Waals surface area contributed by atoms with Crippen LogP contribution in [0, 0.1) is 0 Å². The van der Waals surface area contributed by atoms with Crippen LogP contribution in [-0.4, -0.2) is 56.2 Å². The summed E-state index contributed by atoms with van der Waals surface area (Å²) < 4.78 is 5.15. The summed E-state index contributed by atoms with van der Waals surface area (Å²) in [4.78, 5) is 30.1. The first kappa shape index (κ1) is 17.6. The zero-order valence-electron chi connectivity index (χ0n) is 15.5. The number of likely N-dealkylation sites (tertiary alicyclic amines) is 1. The van der Waals surface area contributed by atoms with Gasteiger partial charge in [0.1, 0.15) is 0 Å². The second-order valence-electron chi connectivity index (χ2n) is 6.40. The molecule has 0 aliphatic carbocycles. The van der Waals surface area contributed by atoms with Crippen molar-refractivity contribution in [3.05, 3.63) is 23.8 Å². The largest absolute Gasteiger partial charge is 0.450 e. The van der Waals surface area contributed by atoms with Gasteiger partial charge in [-0.25, -0.2) is 4.79 Å². The summed E-state index contributed by atoms with van der Waals surface area (Å²) in [6.07, 6.45) is 0.638. The highest BCUT2D eigenvalue weighted by Gasteiger charge is 2.47. The lowest BCUT2D eigenvalue weighted by atomic mass is 9.89. The van der Waals surface area contributed by atoms with E-state index in [0.29, 0.717) is 32.3 Å². The summed E-state index contributed by atoms with van der Waals surface area (Å²) in [7, 11) is 1.84. The molecule has 3 aliphatic rings. The predicted molar refractivity (Wildman–Crippen MR) is 98.3 cm³/mol. The Morgan fingerprint density at radius 1 is 1.32 bits per heavy atom. The first-order valence-electron chi connectivity index (χ1n) is 9.19. The van der Waals surface area contributed by atoms with E-state index in [1.54, 1.807) is 9.80 Å². The molecular weight excluding hydrogens is 318 g/mol. The molecule has 3 heterocycles. The summed E-state index contributed by atoms with van der Waals surface area (Å²) in [5.41, 5.74) is 3.41. The molecule has 4 rings (SSSR count). The monoisotopic (exact) mass is 345 g/mol. The molecule has 0 aromatic heterocycles. The van der Waals surface area contributed by atoms with Crippen LogP contribution in [0.5, 0.6) is 0 Å². The highest BCUT2D eigenvalue weighted by molar-refractivity contribution is 6.04. The topological polar surface area (TPSA) is 53.1 Å². The smallest absolute Gasteiger partial charge is 0.409 e. The van der Waals surface area contributed by atoms with Crippen LogP contribution in [0.15, 0.2) is 18.2 Å². The van der Waals surface area contributed by atoms with Crippen molar-refractivity contribution in [1.29, 1.82) is 0 Å². The van der Waals surface area contributed by atoms with Gasteiger partial charge in [-0.3, -0.25) is 4.79 Å². The molecule has 0 saturated carbocycles. The fraction of sp³-hybridized carbons (Fsp3) is 0.579. The third-order valence-electron chi connectivity index (χ3n) is 5.28. The van der Waals surface area contributed by atoms with E-state index in [1.807, 2.05) is 40.0 Å². The molecule has 2 atom stereocenters. The minimum atomic E-state index is -0.231. The van der Waals surface area contributed by atoms with Crippen molar-refractivity contribution < 1.29 is 14.3 Å². The number of ether oxygens (including phenoxy) is 1. The maximum Gasteiger partial charge on any atom is 0.409 e. The normalized spacial score (nSPS) is 23.5. The third kappa shape index (κ3) is 2.73. The molecule has 2 amide bonds. The number of para-hydroxylation sites is 1. The van der Waals surface area contributed by atoms with Crippen LogP contribution in [0.25, 0.3) is 0 Å². The minimum absolute atomic E-state index is 0.128. The average molecular weight is 345 g/mol. The van der Waals surface area contributed by atoms with Crippen LogP contribution in [-0.2, 0) is 9.53 Å². The number of hydrogen-bond donors (Lipinski definition) is 0. The fourth-order valence-corrected chi connectivity index (χ4v) is 4.18. The van der Waals surface area contributed by atoms with Crippen LogP contribution < -0.4 is 9.80 Å². The summed E-state index contributed by atoms with van der Waals surface area (Å²) in [5, 5.41) is 0. The number of hydrogen-bond acceptors (Lipinski definition) is 4. The average Bonchev–Trinajstić information content (AvgIpc) is 2.96. The van der Waals surface area contributed by atoms with Crippen molar-refractivity contribution in [2.75, 3.05) is 43.1 Å². The highest BCUT2D eigenvalue weighted by Crippen LogP contribution is 2.50. The molecule has 6 nitrogen and oxygen atoms in total. The zero-order chi connectivity index (χ0) is 18.1. The maximum atomic E-state index is 12.3. The Bertz CT molecular complexity index is 676. The summed E-state index contributed by atoms with van der Waals surface area (Å²) in [5.74, 6) is 0.380. The molecule has 0 N–H and O–H groups in total. The molecule has 1 saturated heterocycles. The summed E-state index contributed by atoms with van der Waals surface area (Å²) >= 11 is 0. The molecule has 1 fully saturated rings. The van der Waals surface area contributed by atoms with E-state index in [-0.39, 0.29) is 17.9 Å². The molecule has 0 unspecified atom stereocenters. The van der Waals surface area contributed by atoms with E-state index in [4.69, 9.17) is 4.74 Å². The van der Waals surface area contributed by atoms with Gasteiger partial charge in [0, 0.05) is 32.1 Å². The summed E-state index contributed by atoms with van der Waals surface area (Å²) in [6.45, 7) is 8.00. The molecule has 6 heteroatoms. The van der Waals surface area contributed by atoms with Crippen molar-refractivity contribution in [3.63, 3.8) is 0 Å². The van der Waals surface area contributed by atoms with Crippen molar-refractivity contribution in [2.45, 2.75) is 39.2 Å². The SMILES string of the molecule is CC.CCOC(=O)N1CC[C@H]2[C@@H](C1)c1cccc3c1N2CC(=O)N3C. The van der Waals surface area contributed by atoms with Crippen LogP contribution in [0.2, 0.25) is 0 Å². The van der Waals surface area contributed by atoms with Crippen molar-refractivity contribution in [1.82, 2.24) is 4.90 Å². The Morgan fingerprint density at radius 3 is 2.80 bits per heavy atom. The summed E-state index contributed by atoms with van der Waals surface area (Å²) in [6, 6.07) is 6.44. The van der Waals surface area contributed by atoms with E-state index in [0.717, 1.165) is 12.1 Å². The number of carbonyl (C=O) groups is 2. The van der Waals surface area contributed by atoms with E-state index in [2.05, 4.69) is 11.0 Å². The van der Waals surface area contributed by atoms with Gasteiger partial charge in [-0.15, -0.1) is 0 Å². The fourth-order valence-electron chi connectivity index (χ4n) is 4.18. The minimum Gasteiger partial charge on any atom is -0.450 e. The molecule has 0 bridgehead atoms. The van der Waals surface area contributed by atoms with Gasteiger partial charge in [-0.2, -0.15) is 0 Å². The number of nitrogens with zero attached hydrogens (tertiary/aromatic N) is 3. The van der Waals surface area contributed by atoms with Gasteiger partial charge in [0.25, 0.3) is 0 Å². The van der Waals surface area contributed by atoms with Gasteiger partial charge < -0.3 is 19.4 Å². The molecule has 25 heavy (non-hydrogen) atoms. The van der Waals surface area contributed by atoms with E-state index < -0.39 is 0 Å². The quantitative estimate of drug-likeness (QED) is 0.785. The number of piperidine rings is 1. The predicted octanol–water partition coefficient (Wildman–Crippen LogP) is 2.82. The zero-order valence-corrected chi connectivity index (χ0v) is 15.5. The lowest BCUT2D eigenvalue weighted by molar-refractivity contribution is -0.117. The van der Waals surface area contributed by atoms with Gasteiger partial charge in [-0.1, -0.05) is 26.0 Å². The Balaban J connectivity index is 0.000000880. The van der Waals surface area contributed by atoms with Gasteiger partial charge in [0.2, 0.25) is 5.91 Å². The number of benzene rings is 1. The first-order valence-corrected chi connectivity index (χ1v) is 9.19. The number of fused-ring (bicyclic) bond motifs is 3. The van der Waals surface area contributed by atoms with Gasteiger partial charge >= 0.3 is 6.09 Å². The maximum absolute atomic E-state index is 12.3. The Morgan fingerprint density at radius 2 is 2.08 bits per heavy atom. The number of rotatable bonds is 1. The number of amides is 2. The second kappa shape index (κ2) is 6.94. The number of likely N-dealkylation sites (N-methyl/N-ethyl adjacent to an activating group) is 1. The van der Waals surface area contributed by atoms with Gasteiger partial charge in [0.15, 0.2) is 0 Å². The van der Waals surface area contributed by atoms with Gasteiger partial charge in [-0.05, 0) is 25.0 Å². The number of anilines is 2. The molecule has 1 aromatic rings. The molecule has 3 aliphatic heterocycles. The van der Waals surface area contributed by atoms with Crippen LogP contribution in [0.1, 0.15) is 38.7 Å². The number of carbonyl (C=O) groups excluding carboxylic acids is 2. The lowest BCUT2D eigenvalue weighted by Gasteiger charge is -2.40. The molecule has 0 spiro atoms. The van der Waals surface area contributed by atoms with Crippen LogP contribution in [0.4, 0.5) is 16.2 Å². The van der Waals surface area contributed by atoms with Crippen molar-refractivity contribution in [2.24, 2.45) is 0 Å². The highest BCUT2D eigenvalue weighted by atomic mass is 16.6. The molecule has 136 valence electrons. The second-order valence-corrected chi connectivity index (χ2v) is 6.40. The van der Waals surface area contributed by atoms with E-state index in [9.17, 15) is 9.59 Å². The van der Waals surface area contributed by atoms with Crippen LogP contribution in [0.3, 0.4) is 0 Å². The van der Waals surface area contributed by atoms with Crippen molar-refractivity contribution >= 4 is 23.4 Å². The Hall–Kier alpha value is -2.24. The molecule has 1 aromatic carbocycles. The molecular formula is C19H27N3O3. The third-order valence-corrected chi connectivity index (χ3v) is 5.28. The van der Waals surface area contributed by atoms with Crippen LogP contribution >= 0.6 is 0 Å². The Kier molecular flexibility index (Phi) is 4.88. The lowest BCUT2D eigenvalue weighted by Crippen LogP contribution is -2.52. The molecule has 0 radical (unpaired) electrons.